The molecule has 0 aromatic heterocycles. The molecule has 2 rings (SSSR count). The highest BCUT2D eigenvalue weighted by molar-refractivity contribution is 5.82. The van der Waals surface area contributed by atoms with E-state index in [1.54, 1.807) is 4.90 Å². The van der Waals surface area contributed by atoms with Crippen LogP contribution in [0.25, 0.3) is 0 Å². The van der Waals surface area contributed by atoms with Crippen molar-refractivity contribution in [1.29, 1.82) is 0 Å². The summed E-state index contributed by atoms with van der Waals surface area (Å²) in [6, 6.07) is -0.177. The van der Waals surface area contributed by atoms with Crippen molar-refractivity contribution < 1.29 is 22.4 Å². The highest BCUT2D eigenvalue weighted by Gasteiger charge is 2.43. The van der Waals surface area contributed by atoms with E-state index in [1.807, 2.05) is 0 Å². The molecule has 116 valence electrons. The van der Waals surface area contributed by atoms with Crippen molar-refractivity contribution in [2.45, 2.75) is 31.2 Å². The van der Waals surface area contributed by atoms with E-state index in [-0.39, 0.29) is 25.0 Å². The van der Waals surface area contributed by atoms with Crippen molar-refractivity contribution in [3.63, 3.8) is 0 Å². The van der Waals surface area contributed by atoms with Crippen LogP contribution in [0.1, 0.15) is 12.8 Å². The molecule has 2 aliphatic rings. The third-order valence-corrected chi connectivity index (χ3v) is 3.80. The van der Waals surface area contributed by atoms with Gasteiger partial charge in [-0.2, -0.15) is 8.78 Å². The van der Waals surface area contributed by atoms with E-state index in [2.05, 4.69) is 5.32 Å². The second-order valence-electron chi connectivity index (χ2n) is 5.31. The molecule has 2 fully saturated rings. The Kier molecular flexibility index (Phi) is 4.85. The molecule has 0 aromatic rings. The summed E-state index contributed by atoms with van der Waals surface area (Å²) in [5.74, 6) is -4.00. The molecule has 8 heteroatoms. The molecule has 1 amide bonds. The van der Waals surface area contributed by atoms with E-state index in [4.69, 9.17) is 0 Å². The molecule has 0 saturated carbocycles. The van der Waals surface area contributed by atoms with Crippen molar-refractivity contribution in [3.8, 4) is 0 Å². The first-order valence-corrected chi connectivity index (χ1v) is 6.80. The van der Waals surface area contributed by atoms with Gasteiger partial charge in [0.2, 0.25) is 5.91 Å². The second-order valence-corrected chi connectivity index (χ2v) is 5.31. The first-order valence-electron chi connectivity index (χ1n) is 6.80. The average Bonchev–Trinajstić information content (AvgIpc) is 2.92. The van der Waals surface area contributed by atoms with E-state index in [0.717, 1.165) is 19.4 Å². The molecule has 0 unspecified atom stereocenters. The maximum Gasteiger partial charge on any atom is 0.319 e. The number of hydrogen-bond donors (Lipinski definition) is 1. The molecule has 4 nitrogen and oxygen atoms in total. The molecule has 2 heterocycles. The first-order chi connectivity index (χ1) is 9.40. The van der Waals surface area contributed by atoms with Gasteiger partial charge in [0.1, 0.15) is 0 Å². The highest BCUT2D eigenvalue weighted by atomic mass is 19.3. The molecule has 0 aliphatic carbocycles. The van der Waals surface area contributed by atoms with Crippen LogP contribution < -0.4 is 5.32 Å². The van der Waals surface area contributed by atoms with Gasteiger partial charge in [0.05, 0.1) is 12.6 Å². The molecule has 20 heavy (non-hydrogen) atoms. The number of amides is 1. The van der Waals surface area contributed by atoms with Gasteiger partial charge in [-0.1, -0.05) is 0 Å². The smallest absolute Gasteiger partial charge is 0.319 e. The van der Waals surface area contributed by atoms with Crippen LogP contribution in [0.2, 0.25) is 0 Å². The topological polar surface area (TPSA) is 35.6 Å². The number of alkyl halides is 4. The van der Waals surface area contributed by atoms with Gasteiger partial charge < -0.3 is 10.2 Å². The van der Waals surface area contributed by atoms with Gasteiger partial charge in [0.25, 0.3) is 0 Å². The number of piperazine rings is 1. The summed E-state index contributed by atoms with van der Waals surface area (Å²) in [4.78, 5) is 15.0. The van der Waals surface area contributed by atoms with Crippen LogP contribution in [-0.2, 0) is 4.79 Å². The van der Waals surface area contributed by atoms with Gasteiger partial charge in [-0.25, -0.2) is 8.78 Å². The Morgan fingerprint density at radius 1 is 1.25 bits per heavy atom. The maximum absolute atomic E-state index is 13.0. The predicted octanol–water partition coefficient (Wildman–Crippen LogP) is 0.783. The first kappa shape index (κ1) is 15.5. The summed E-state index contributed by atoms with van der Waals surface area (Å²) in [6.07, 6.45) is -1.90. The Balaban J connectivity index is 1.79. The number of carbonyl (C=O) groups excluding carboxylic acids is 1. The van der Waals surface area contributed by atoms with E-state index in [1.165, 1.54) is 4.90 Å². The lowest BCUT2D eigenvalue weighted by atomic mass is 10.2. The van der Waals surface area contributed by atoms with Crippen molar-refractivity contribution >= 4 is 5.91 Å². The summed E-state index contributed by atoms with van der Waals surface area (Å²) in [5, 5.41) is 3.09. The minimum absolute atomic E-state index is 0.0113. The van der Waals surface area contributed by atoms with Crippen LogP contribution in [0.15, 0.2) is 0 Å². The number of halogens is 4. The monoisotopic (exact) mass is 297 g/mol. The van der Waals surface area contributed by atoms with Crippen LogP contribution in [-0.4, -0.2) is 73.4 Å². The molecule has 0 bridgehead atoms. The fourth-order valence-corrected chi connectivity index (χ4v) is 2.61. The third kappa shape index (κ3) is 3.60. The van der Waals surface area contributed by atoms with E-state index < -0.39 is 18.9 Å². The van der Waals surface area contributed by atoms with Crippen molar-refractivity contribution in [1.82, 2.24) is 15.1 Å². The molecule has 2 saturated heterocycles. The molecular weight excluding hydrogens is 278 g/mol. The van der Waals surface area contributed by atoms with Gasteiger partial charge in [-0.3, -0.25) is 9.69 Å². The molecule has 0 aromatic carbocycles. The highest BCUT2D eigenvalue weighted by Crippen LogP contribution is 2.24. The molecule has 1 atom stereocenters. The quantitative estimate of drug-likeness (QED) is 0.779. The fraction of sp³-hybridized carbons (Fsp3) is 0.917. The summed E-state index contributed by atoms with van der Waals surface area (Å²) in [7, 11) is 0. The van der Waals surface area contributed by atoms with Crippen LogP contribution in [0.5, 0.6) is 0 Å². The number of nitrogens with one attached hydrogen (secondary N) is 1. The van der Waals surface area contributed by atoms with Crippen LogP contribution in [0.3, 0.4) is 0 Å². The van der Waals surface area contributed by atoms with E-state index in [9.17, 15) is 22.4 Å². The Morgan fingerprint density at radius 3 is 2.40 bits per heavy atom. The van der Waals surface area contributed by atoms with Crippen molar-refractivity contribution in [3.05, 3.63) is 0 Å². The predicted molar refractivity (Wildman–Crippen MR) is 65.0 cm³/mol. The van der Waals surface area contributed by atoms with Crippen LogP contribution in [0, 0.1) is 0 Å². The second kappa shape index (κ2) is 6.26. The number of hydrogen-bond acceptors (Lipinski definition) is 3. The average molecular weight is 297 g/mol. The number of rotatable bonds is 4. The molecule has 0 radical (unpaired) electrons. The number of carbonyl (C=O) groups is 1. The lowest BCUT2D eigenvalue weighted by Crippen LogP contribution is -2.55. The zero-order valence-corrected chi connectivity index (χ0v) is 11.1. The van der Waals surface area contributed by atoms with Gasteiger partial charge >= 0.3 is 12.3 Å². The van der Waals surface area contributed by atoms with Gasteiger partial charge in [-0.05, 0) is 19.4 Å². The Morgan fingerprint density at radius 2 is 1.90 bits per heavy atom. The standard InChI is InChI=1S/C12H19F4N3O/c13-11(14)12(15,16)8-18-4-6-19(7-5-18)10(20)9-2-1-3-17-9/h9,11,17H,1-8H2/t9-/m0/s1. The molecular formula is C12H19F4N3O. The van der Waals surface area contributed by atoms with Gasteiger partial charge in [0.15, 0.2) is 0 Å². The third-order valence-electron chi connectivity index (χ3n) is 3.80. The largest absolute Gasteiger partial charge is 0.339 e. The Labute approximate surface area is 115 Å². The minimum Gasteiger partial charge on any atom is -0.339 e. The lowest BCUT2D eigenvalue weighted by Gasteiger charge is -2.37. The van der Waals surface area contributed by atoms with Crippen molar-refractivity contribution in [2.75, 3.05) is 39.3 Å². The Bertz CT molecular complexity index is 340. The maximum atomic E-state index is 13.0. The summed E-state index contributed by atoms with van der Waals surface area (Å²) in [5.41, 5.74) is 0. The van der Waals surface area contributed by atoms with E-state index in [0.29, 0.717) is 13.1 Å². The zero-order valence-electron chi connectivity index (χ0n) is 11.1. The SMILES string of the molecule is O=C([C@@H]1CCCN1)N1CCN(CC(F)(F)C(F)F)CC1. The summed E-state index contributed by atoms with van der Waals surface area (Å²) < 4.78 is 50.2. The van der Waals surface area contributed by atoms with E-state index >= 15 is 0 Å². The Hall–Kier alpha value is -0.890. The molecule has 0 spiro atoms. The van der Waals surface area contributed by atoms with Gasteiger partial charge in [-0.15, -0.1) is 0 Å². The van der Waals surface area contributed by atoms with Crippen molar-refractivity contribution in [2.24, 2.45) is 0 Å². The molecule has 1 N–H and O–H groups in total. The van der Waals surface area contributed by atoms with Crippen LogP contribution >= 0.6 is 0 Å². The summed E-state index contributed by atoms with van der Waals surface area (Å²) >= 11 is 0. The minimum atomic E-state index is -3.99. The van der Waals surface area contributed by atoms with Gasteiger partial charge in [0, 0.05) is 26.2 Å². The summed E-state index contributed by atoms with van der Waals surface area (Å²) in [6.45, 7) is 0.916. The number of nitrogens with zero attached hydrogens (tertiary/aromatic N) is 2. The van der Waals surface area contributed by atoms with Crippen LogP contribution in [0.4, 0.5) is 17.6 Å². The zero-order chi connectivity index (χ0) is 14.8. The molecule has 2 aliphatic heterocycles. The normalized spacial score (nSPS) is 25.4. The lowest BCUT2D eigenvalue weighted by molar-refractivity contribution is -0.148. The fourth-order valence-electron chi connectivity index (χ4n) is 2.61.